The maximum absolute atomic E-state index is 11.4. The van der Waals surface area contributed by atoms with Crippen LogP contribution in [0.25, 0.3) is 5.57 Å². The lowest BCUT2D eigenvalue weighted by atomic mass is 9.93. The van der Waals surface area contributed by atoms with Crippen LogP contribution >= 0.6 is 23.2 Å². The number of halogens is 2. The standard InChI is InChI=1S/C20H20Cl2N4O2/c1-4-15(23)17(11-6-7-16(24-3)26-10-11)19(25-5-2)12-8-13(21)18(20(27)28)14(22)9-12/h5-10H,2,4,23H2,1,3H3,(H,24,26)(H,27,28)/b17-15-,25-19-. The first-order valence-corrected chi connectivity index (χ1v) is 9.14. The first kappa shape index (κ1) is 21.5. The van der Waals surface area contributed by atoms with Gasteiger partial charge in [0.2, 0.25) is 0 Å². The molecule has 0 aliphatic carbocycles. The van der Waals surface area contributed by atoms with E-state index in [9.17, 15) is 9.90 Å². The molecule has 146 valence electrons. The first-order valence-electron chi connectivity index (χ1n) is 8.38. The molecule has 0 unspecified atom stereocenters. The van der Waals surface area contributed by atoms with Gasteiger partial charge in [0.05, 0.1) is 21.3 Å². The Balaban J connectivity index is 2.72. The largest absolute Gasteiger partial charge is 0.478 e. The molecule has 0 spiro atoms. The van der Waals surface area contributed by atoms with Crippen LogP contribution in [0.2, 0.25) is 10.0 Å². The second-order valence-electron chi connectivity index (χ2n) is 5.72. The number of rotatable bonds is 7. The Hall–Kier alpha value is -2.83. The van der Waals surface area contributed by atoms with Crippen LogP contribution in [0.1, 0.15) is 34.8 Å². The van der Waals surface area contributed by atoms with Crippen LogP contribution in [0.5, 0.6) is 0 Å². The fourth-order valence-corrected chi connectivity index (χ4v) is 3.28. The lowest BCUT2D eigenvalue weighted by Gasteiger charge is -2.16. The number of hydrogen-bond donors (Lipinski definition) is 3. The molecule has 0 bridgehead atoms. The van der Waals surface area contributed by atoms with Crippen LogP contribution in [0.4, 0.5) is 5.82 Å². The van der Waals surface area contributed by atoms with Gasteiger partial charge in [0, 0.05) is 41.8 Å². The smallest absolute Gasteiger partial charge is 0.338 e. The molecule has 4 N–H and O–H groups in total. The zero-order valence-electron chi connectivity index (χ0n) is 15.5. The zero-order valence-corrected chi connectivity index (χ0v) is 17.0. The molecular formula is C20H20Cl2N4O2. The number of benzene rings is 1. The SMILES string of the molecule is C=C/N=C(\C(=C(/N)CC)c1ccc(NC)nc1)c1cc(Cl)c(C(=O)O)c(Cl)c1. The van der Waals surface area contributed by atoms with Crippen molar-refractivity contribution in [3.8, 4) is 0 Å². The van der Waals surface area contributed by atoms with Crippen molar-refractivity contribution in [1.29, 1.82) is 0 Å². The fourth-order valence-electron chi connectivity index (χ4n) is 2.63. The molecule has 0 aliphatic rings. The van der Waals surface area contributed by atoms with Crippen LogP contribution < -0.4 is 11.1 Å². The van der Waals surface area contributed by atoms with Crippen molar-refractivity contribution in [1.82, 2.24) is 4.98 Å². The molecule has 1 aromatic carbocycles. The number of aromatic carboxylic acids is 1. The molecule has 0 saturated heterocycles. The Labute approximate surface area is 173 Å². The molecule has 28 heavy (non-hydrogen) atoms. The molecule has 0 fully saturated rings. The molecule has 6 nitrogen and oxygen atoms in total. The monoisotopic (exact) mass is 418 g/mol. The van der Waals surface area contributed by atoms with Gasteiger partial charge in [0.1, 0.15) is 5.82 Å². The predicted molar refractivity (Wildman–Crippen MR) is 115 cm³/mol. The molecule has 8 heteroatoms. The normalized spacial score (nSPS) is 12.4. The number of hydrogen-bond acceptors (Lipinski definition) is 5. The highest BCUT2D eigenvalue weighted by Gasteiger charge is 2.21. The topological polar surface area (TPSA) is 101 Å². The predicted octanol–water partition coefficient (Wildman–Crippen LogP) is 4.84. The van der Waals surface area contributed by atoms with Crippen LogP contribution in [0, 0.1) is 0 Å². The average Bonchev–Trinajstić information content (AvgIpc) is 2.66. The van der Waals surface area contributed by atoms with Crippen molar-refractivity contribution in [2.75, 3.05) is 12.4 Å². The lowest BCUT2D eigenvalue weighted by Crippen LogP contribution is -2.13. The Morgan fingerprint density at radius 1 is 1.32 bits per heavy atom. The number of nitrogens with two attached hydrogens (primary N) is 1. The third kappa shape index (κ3) is 4.52. The van der Waals surface area contributed by atoms with E-state index >= 15 is 0 Å². The van der Waals surface area contributed by atoms with Crippen molar-refractivity contribution >= 4 is 46.3 Å². The second kappa shape index (κ2) is 9.39. The molecule has 0 aliphatic heterocycles. The number of aromatic nitrogens is 1. The van der Waals surface area contributed by atoms with Crippen LogP contribution in [0.3, 0.4) is 0 Å². The molecule has 0 saturated carbocycles. The van der Waals surface area contributed by atoms with E-state index in [-0.39, 0.29) is 15.6 Å². The van der Waals surface area contributed by atoms with Crippen LogP contribution in [-0.2, 0) is 0 Å². The summed E-state index contributed by atoms with van der Waals surface area (Å²) in [5, 5.41) is 12.3. The maximum Gasteiger partial charge on any atom is 0.338 e. The van der Waals surface area contributed by atoms with Crippen molar-refractivity contribution < 1.29 is 9.90 Å². The minimum Gasteiger partial charge on any atom is -0.478 e. The minimum absolute atomic E-state index is 0.00448. The van der Waals surface area contributed by atoms with E-state index in [0.29, 0.717) is 34.8 Å². The highest BCUT2D eigenvalue weighted by molar-refractivity contribution is 6.41. The van der Waals surface area contributed by atoms with Crippen molar-refractivity contribution in [2.24, 2.45) is 10.7 Å². The van der Waals surface area contributed by atoms with E-state index in [0.717, 1.165) is 5.56 Å². The van der Waals surface area contributed by atoms with Gasteiger partial charge in [-0.3, -0.25) is 4.99 Å². The van der Waals surface area contributed by atoms with Crippen molar-refractivity contribution in [3.05, 3.63) is 75.7 Å². The van der Waals surface area contributed by atoms with Crippen LogP contribution in [-0.4, -0.2) is 28.8 Å². The Bertz CT molecular complexity index is 944. The summed E-state index contributed by atoms with van der Waals surface area (Å²) in [5.41, 5.74) is 9.09. The van der Waals surface area contributed by atoms with E-state index in [1.54, 1.807) is 13.2 Å². The van der Waals surface area contributed by atoms with Gasteiger partial charge >= 0.3 is 5.97 Å². The molecule has 0 amide bonds. The van der Waals surface area contributed by atoms with Crippen molar-refractivity contribution in [2.45, 2.75) is 13.3 Å². The number of carbonyl (C=O) groups is 1. The lowest BCUT2D eigenvalue weighted by molar-refractivity contribution is 0.0697. The first-order chi connectivity index (χ1) is 13.3. The summed E-state index contributed by atoms with van der Waals surface area (Å²) in [6.45, 7) is 5.59. The van der Waals surface area contributed by atoms with Gasteiger partial charge in [-0.15, -0.1) is 0 Å². The Morgan fingerprint density at radius 3 is 2.39 bits per heavy atom. The number of nitrogens with zero attached hydrogens (tertiary/aromatic N) is 2. The highest BCUT2D eigenvalue weighted by atomic mass is 35.5. The van der Waals surface area contributed by atoms with E-state index in [1.165, 1.54) is 18.3 Å². The number of nitrogens with one attached hydrogen (secondary N) is 1. The Morgan fingerprint density at radius 2 is 1.96 bits per heavy atom. The van der Waals surface area contributed by atoms with Gasteiger partial charge in [-0.05, 0) is 30.7 Å². The third-order valence-corrected chi connectivity index (χ3v) is 4.59. The summed E-state index contributed by atoms with van der Waals surface area (Å²) in [7, 11) is 1.78. The number of carboxylic acids is 1. The molecule has 1 heterocycles. The van der Waals surface area contributed by atoms with Crippen LogP contribution in [0.15, 0.2) is 53.9 Å². The summed E-state index contributed by atoms with van der Waals surface area (Å²) >= 11 is 12.3. The fraction of sp³-hybridized carbons (Fsp3) is 0.150. The Kier molecular flexibility index (Phi) is 7.20. The zero-order chi connectivity index (χ0) is 20.8. The van der Waals surface area contributed by atoms with Gasteiger partial charge in [-0.1, -0.05) is 36.7 Å². The highest BCUT2D eigenvalue weighted by Crippen LogP contribution is 2.31. The summed E-state index contributed by atoms with van der Waals surface area (Å²) in [4.78, 5) is 20.1. The van der Waals surface area contributed by atoms with E-state index in [2.05, 4.69) is 21.9 Å². The van der Waals surface area contributed by atoms with Gasteiger partial charge in [-0.25, -0.2) is 9.78 Å². The maximum atomic E-state index is 11.4. The molecule has 0 radical (unpaired) electrons. The quantitative estimate of drug-likeness (QED) is 0.558. The number of allylic oxidation sites excluding steroid dienone is 2. The summed E-state index contributed by atoms with van der Waals surface area (Å²) in [5.74, 6) is -0.503. The van der Waals surface area contributed by atoms with E-state index in [1.807, 2.05) is 19.1 Å². The number of anilines is 1. The summed E-state index contributed by atoms with van der Waals surface area (Å²) in [6, 6.07) is 6.68. The van der Waals surface area contributed by atoms with Gasteiger partial charge < -0.3 is 16.2 Å². The number of pyridine rings is 1. The molecule has 0 atom stereocenters. The van der Waals surface area contributed by atoms with Gasteiger partial charge in [0.25, 0.3) is 0 Å². The molecular weight excluding hydrogens is 399 g/mol. The minimum atomic E-state index is -1.21. The van der Waals surface area contributed by atoms with E-state index in [4.69, 9.17) is 28.9 Å². The molecule has 2 rings (SSSR count). The van der Waals surface area contributed by atoms with E-state index < -0.39 is 5.97 Å². The van der Waals surface area contributed by atoms with Crippen molar-refractivity contribution in [3.63, 3.8) is 0 Å². The summed E-state index contributed by atoms with van der Waals surface area (Å²) < 4.78 is 0. The number of carboxylic acid groups (broad SMARTS) is 1. The van der Waals surface area contributed by atoms with Gasteiger partial charge in [0.15, 0.2) is 0 Å². The average molecular weight is 419 g/mol. The third-order valence-electron chi connectivity index (χ3n) is 4.00. The molecule has 1 aromatic heterocycles. The number of aliphatic imine (C=N–C) groups is 1. The second-order valence-corrected chi connectivity index (χ2v) is 6.53. The van der Waals surface area contributed by atoms with Gasteiger partial charge in [-0.2, -0.15) is 0 Å². The molecule has 2 aromatic rings. The summed E-state index contributed by atoms with van der Waals surface area (Å²) in [6.07, 6.45) is 3.62.